The zero-order valence-electron chi connectivity index (χ0n) is 9.24. The van der Waals surface area contributed by atoms with Crippen molar-refractivity contribution >= 4 is 0 Å². The second kappa shape index (κ2) is 53.2. The van der Waals surface area contributed by atoms with E-state index in [9.17, 15) is 0 Å². The molecule has 0 aliphatic heterocycles. The van der Waals surface area contributed by atoms with Crippen LogP contribution in [0.15, 0.2) is 0 Å². The molecule has 0 aliphatic carbocycles. The van der Waals surface area contributed by atoms with E-state index in [4.69, 9.17) is 0 Å². The van der Waals surface area contributed by atoms with Gasteiger partial charge in [0.15, 0.2) is 0 Å². The van der Waals surface area contributed by atoms with E-state index in [-0.39, 0.29) is 32.9 Å². The van der Waals surface area contributed by atoms with Gasteiger partial charge in [-0.25, -0.2) is 0 Å². The first-order valence-corrected chi connectivity index (χ1v) is 3.91. The Hall–Kier alpha value is -0.240. The normalized spacial score (nSPS) is 5.57. The van der Waals surface area contributed by atoms with Crippen molar-refractivity contribution < 1.29 is 32.9 Å². The van der Waals surface area contributed by atoms with Crippen LogP contribution in [0, 0.1) is 0 Å². The van der Waals surface area contributed by atoms with E-state index < -0.39 is 0 Å². The summed E-state index contributed by atoms with van der Waals surface area (Å²) in [6, 6.07) is 0. The summed E-state index contributed by atoms with van der Waals surface area (Å²) in [6.07, 6.45) is 8.49. The standard InChI is InChI=1S/C8H18.6H2O/c1-3-5-7-8-6-4-2;;;;;;/h3-8H2,1-2H3;6*1H2. The van der Waals surface area contributed by atoms with Gasteiger partial charge in [-0.3, -0.25) is 0 Å². The second-order valence-electron chi connectivity index (χ2n) is 2.41. The maximum Gasteiger partial charge on any atom is -0.0533 e. The van der Waals surface area contributed by atoms with Gasteiger partial charge in [0.05, 0.1) is 0 Å². The van der Waals surface area contributed by atoms with Gasteiger partial charge >= 0.3 is 0 Å². The van der Waals surface area contributed by atoms with Gasteiger partial charge in [-0.15, -0.1) is 0 Å². The maximum atomic E-state index is 2.26. The Labute approximate surface area is 86.2 Å². The first kappa shape index (κ1) is 49.0. The van der Waals surface area contributed by atoms with Crippen LogP contribution < -0.4 is 0 Å². The second-order valence-corrected chi connectivity index (χ2v) is 2.41. The van der Waals surface area contributed by atoms with E-state index >= 15 is 0 Å². The van der Waals surface area contributed by atoms with Gasteiger partial charge in [0.2, 0.25) is 0 Å². The third-order valence-corrected chi connectivity index (χ3v) is 1.46. The summed E-state index contributed by atoms with van der Waals surface area (Å²) < 4.78 is 0. The smallest absolute Gasteiger partial charge is 0.0533 e. The molecule has 0 rings (SSSR count). The van der Waals surface area contributed by atoms with Crippen molar-refractivity contribution in [2.75, 3.05) is 0 Å². The highest BCUT2D eigenvalue weighted by molar-refractivity contribution is 4.39. The molecular formula is C8H30O6. The molecule has 0 saturated carbocycles. The highest BCUT2D eigenvalue weighted by Gasteiger charge is 1.83. The Balaban J connectivity index is -0.0000000163. The molecule has 0 aromatic rings. The molecule has 0 spiro atoms. The largest absolute Gasteiger partial charge is 0.412 e. The van der Waals surface area contributed by atoms with Crippen LogP contribution in [0.2, 0.25) is 0 Å². The van der Waals surface area contributed by atoms with Crippen molar-refractivity contribution in [2.24, 2.45) is 0 Å². The molecule has 0 saturated heterocycles. The lowest BCUT2D eigenvalue weighted by Crippen LogP contribution is -1.73. The van der Waals surface area contributed by atoms with Crippen molar-refractivity contribution in [3.05, 3.63) is 0 Å². The van der Waals surface area contributed by atoms with Crippen molar-refractivity contribution in [1.82, 2.24) is 0 Å². The Bertz CT molecular complexity index is 38.8. The van der Waals surface area contributed by atoms with Crippen LogP contribution in [0.1, 0.15) is 52.4 Å². The molecule has 12 N–H and O–H groups in total. The first-order chi connectivity index (χ1) is 3.91. The molecule has 6 heteroatoms. The summed E-state index contributed by atoms with van der Waals surface area (Å²) in [5.74, 6) is 0. The number of unbranched alkanes of at least 4 members (excludes halogenated alkanes) is 5. The molecule has 0 aromatic carbocycles. The van der Waals surface area contributed by atoms with E-state index in [1.165, 1.54) is 38.5 Å². The van der Waals surface area contributed by atoms with Gasteiger partial charge in [-0.05, 0) is 0 Å². The average Bonchev–Trinajstić information content (AvgIpc) is 1.81. The van der Waals surface area contributed by atoms with Gasteiger partial charge in [0.1, 0.15) is 0 Å². The van der Waals surface area contributed by atoms with Crippen molar-refractivity contribution in [3.8, 4) is 0 Å². The Kier molecular flexibility index (Phi) is 186. The maximum absolute atomic E-state index is 2.26. The van der Waals surface area contributed by atoms with Crippen LogP contribution in [0.25, 0.3) is 0 Å². The summed E-state index contributed by atoms with van der Waals surface area (Å²) in [5, 5.41) is 0. The SMILES string of the molecule is CCCCCCCC.O.O.O.O.O.O. The van der Waals surface area contributed by atoms with Crippen LogP contribution in [0.4, 0.5) is 0 Å². The summed E-state index contributed by atoms with van der Waals surface area (Å²) in [4.78, 5) is 0. The first-order valence-electron chi connectivity index (χ1n) is 3.91. The predicted octanol–water partition coefficient (Wildman–Crippen LogP) is -1.58. The Morgan fingerprint density at radius 1 is 0.429 bits per heavy atom. The van der Waals surface area contributed by atoms with Gasteiger partial charge in [0.25, 0.3) is 0 Å². The van der Waals surface area contributed by atoms with E-state index in [1.54, 1.807) is 0 Å². The summed E-state index contributed by atoms with van der Waals surface area (Å²) >= 11 is 0. The number of hydrogen-bond donors (Lipinski definition) is 0. The fourth-order valence-corrected chi connectivity index (χ4v) is 0.854. The lowest BCUT2D eigenvalue weighted by molar-refractivity contribution is 0.624. The highest BCUT2D eigenvalue weighted by Crippen LogP contribution is 2.03. The molecule has 0 fully saturated rings. The lowest BCUT2D eigenvalue weighted by atomic mass is 10.1. The van der Waals surface area contributed by atoms with Gasteiger partial charge in [-0.1, -0.05) is 52.4 Å². The van der Waals surface area contributed by atoms with Crippen LogP contribution in [-0.4, -0.2) is 32.9 Å². The van der Waals surface area contributed by atoms with Gasteiger partial charge in [0, 0.05) is 0 Å². The van der Waals surface area contributed by atoms with E-state index in [1.807, 2.05) is 0 Å². The zero-order valence-corrected chi connectivity index (χ0v) is 9.24. The summed E-state index contributed by atoms with van der Waals surface area (Å²) in [5.41, 5.74) is 0. The average molecular weight is 222 g/mol. The quantitative estimate of drug-likeness (QED) is 0.485. The van der Waals surface area contributed by atoms with Gasteiger partial charge < -0.3 is 32.9 Å². The van der Waals surface area contributed by atoms with E-state index in [0.717, 1.165) is 0 Å². The van der Waals surface area contributed by atoms with Crippen LogP contribution in [-0.2, 0) is 0 Å². The zero-order chi connectivity index (χ0) is 6.24. The monoisotopic (exact) mass is 222 g/mol. The minimum absolute atomic E-state index is 0. The molecule has 98 valence electrons. The molecule has 0 bridgehead atoms. The van der Waals surface area contributed by atoms with Crippen molar-refractivity contribution in [1.29, 1.82) is 0 Å². The molecule has 0 aromatic heterocycles. The molecule has 0 heterocycles. The Morgan fingerprint density at radius 2 is 0.643 bits per heavy atom. The van der Waals surface area contributed by atoms with Crippen LogP contribution in [0.3, 0.4) is 0 Å². The predicted molar refractivity (Wildman–Crippen MR) is 60.7 cm³/mol. The van der Waals surface area contributed by atoms with E-state index in [0.29, 0.717) is 0 Å². The minimum Gasteiger partial charge on any atom is -0.412 e. The Morgan fingerprint density at radius 3 is 0.786 bits per heavy atom. The molecule has 0 unspecified atom stereocenters. The molecule has 0 amide bonds. The van der Waals surface area contributed by atoms with E-state index in [2.05, 4.69) is 13.8 Å². The molecule has 0 aliphatic rings. The highest BCUT2D eigenvalue weighted by atomic mass is 16.0. The number of rotatable bonds is 5. The summed E-state index contributed by atoms with van der Waals surface area (Å²) in [7, 11) is 0. The topological polar surface area (TPSA) is 189 Å². The molecular weight excluding hydrogens is 192 g/mol. The fourth-order valence-electron chi connectivity index (χ4n) is 0.854. The van der Waals surface area contributed by atoms with Crippen molar-refractivity contribution in [3.63, 3.8) is 0 Å². The molecule has 0 atom stereocenters. The van der Waals surface area contributed by atoms with Crippen LogP contribution >= 0.6 is 0 Å². The van der Waals surface area contributed by atoms with Gasteiger partial charge in [-0.2, -0.15) is 0 Å². The minimum atomic E-state index is 0. The lowest BCUT2D eigenvalue weighted by Gasteiger charge is -1.93. The molecule has 0 radical (unpaired) electrons. The van der Waals surface area contributed by atoms with Crippen LogP contribution in [0.5, 0.6) is 0 Å². The summed E-state index contributed by atoms with van der Waals surface area (Å²) in [6.45, 7) is 4.51. The third-order valence-electron chi connectivity index (χ3n) is 1.46. The molecule has 6 nitrogen and oxygen atoms in total. The number of hydrogen-bond acceptors (Lipinski definition) is 0. The molecule has 14 heavy (non-hydrogen) atoms. The van der Waals surface area contributed by atoms with Crippen molar-refractivity contribution in [2.45, 2.75) is 52.4 Å². The fraction of sp³-hybridized carbons (Fsp3) is 1.00. The third kappa shape index (κ3) is 60.1.